The highest BCUT2D eigenvalue weighted by Crippen LogP contribution is 2.46. The Bertz CT molecular complexity index is 287. The van der Waals surface area contributed by atoms with Crippen molar-refractivity contribution in [3.8, 4) is 0 Å². The maximum atomic E-state index is 12.8. The fourth-order valence-corrected chi connectivity index (χ4v) is 2.88. The Morgan fingerprint density at radius 1 is 1.35 bits per heavy atom. The van der Waals surface area contributed by atoms with Crippen LogP contribution in [0.15, 0.2) is 0 Å². The highest BCUT2D eigenvalue weighted by Gasteiger charge is 2.47. The first-order chi connectivity index (χ1) is 7.76. The van der Waals surface area contributed by atoms with Gasteiger partial charge in [0, 0.05) is 6.16 Å². The fraction of sp³-hybridized carbons (Fsp3) is 1.00. The summed E-state index contributed by atoms with van der Waals surface area (Å²) in [5, 5.41) is 0. The maximum absolute atomic E-state index is 12.8. The monoisotopic (exact) mass is 273 g/mol. The topological polar surface area (TPSA) is 49.4 Å². The van der Waals surface area contributed by atoms with E-state index in [4.69, 9.17) is 0 Å². The van der Waals surface area contributed by atoms with Crippen LogP contribution in [-0.2, 0) is 9.09 Å². The van der Waals surface area contributed by atoms with E-state index in [0.29, 0.717) is 25.7 Å². The molecule has 0 saturated heterocycles. The summed E-state index contributed by atoms with van der Waals surface area (Å²) in [7, 11) is -4.36. The Labute approximate surface area is 98.9 Å². The average molecular weight is 273 g/mol. The van der Waals surface area contributed by atoms with E-state index in [0.717, 1.165) is 6.42 Å². The molecular formula is C10H17F3O3P-. The lowest BCUT2D eigenvalue weighted by atomic mass is 9.85. The van der Waals surface area contributed by atoms with Gasteiger partial charge >= 0.3 is 6.18 Å². The number of alkyl halides is 3. The summed E-state index contributed by atoms with van der Waals surface area (Å²) >= 11 is 0. The van der Waals surface area contributed by atoms with Crippen molar-refractivity contribution in [1.29, 1.82) is 0 Å². The van der Waals surface area contributed by atoms with Gasteiger partial charge < -0.3 is 14.0 Å². The van der Waals surface area contributed by atoms with E-state index in [1.807, 2.05) is 0 Å². The van der Waals surface area contributed by atoms with Crippen LogP contribution in [0.3, 0.4) is 0 Å². The molecule has 0 amide bonds. The van der Waals surface area contributed by atoms with Gasteiger partial charge in [0.15, 0.2) is 6.10 Å². The molecule has 0 aromatic carbocycles. The summed E-state index contributed by atoms with van der Waals surface area (Å²) in [5.41, 5.74) is 0. The molecule has 1 aliphatic carbocycles. The lowest BCUT2D eigenvalue weighted by Crippen LogP contribution is -2.40. The van der Waals surface area contributed by atoms with Crippen LogP contribution < -0.4 is 4.89 Å². The predicted molar refractivity (Wildman–Crippen MR) is 55.7 cm³/mol. The number of halogens is 3. The molecule has 1 rings (SSSR count). The third-order valence-electron chi connectivity index (χ3n) is 3.06. The van der Waals surface area contributed by atoms with Gasteiger partial charge in [-0.05, 0) is 18.8 Å². The van der Waals surface area contributed by atoms with Gasteiger partial charge in [0.25, 0.3) is 0 Å². The van der Waals surface area contributed by atoms with Crippen molar-refractivity contribution in [2.24, 2.45) is 5.92 Å². The fourth-order valence-electron chi connectivity index (χ4n) is 2.10. The van der Waals surface area contributed by atoms with Gasteiger partial charge in [-0.2, -0.15) is 13.2 Å². The molecule has 0 radical (unpaired) electrons. The molecule has 0 N–H and O–H groups in total. The molecule has 7 heteroatoms. The zero-order valence-electron chi connectivity index (χ0n) is 9.70. The minimum absolute atomic E-state index is 0.383. The standard InChI is InChI=1S/C10H18F3O3P/c1-2-17(14,15)16-9(10(11,12)13)8-6-4-3-5-7-8/h8-9H,2-7H2,1H3,(H,14,15)/p-1. The largest absolute Gasteiger partial charge is 0.778 e. The summed E-state index contributed by atoms with van der Waals surface area (Å²) in [4.78, 5) is 11.2. The van der Waals surface area contributed by atoms with Crippen molar-refractivity contribution in [2.75, 3.05) is 6.16 Å². The predicted octanol–water partition coefficient (Wildman–Crippen LogP) is 3.09. The second-order valence-corrected chi connectivity index (χ2v) is 6.46. The molecule has 1 aliphatic rings. The van der Waals surface area contributed by atoms with Crippen LogP contribution in [0.4, 0.5) is 13.2 Å². The Kier molecular flexibility index (Phi) is 5.05. The molecule has 1 saturated carbocycles. The first kappa shape index (κ1) is 15.0. The van der Waals surface area contributed by atoms with Crippen molar-refractivity contribution in [3.05, 3.63) is 0 Å². The second-order valence-electron chi connectivity index (χ2n) is 4.39. The van der Waals surface area contributed by atoms with Gasteiger partial charge in [0.2, 0.25) is 0 Å². The number of hydrogen-bond donors (Lipinski definition) is 0. The minimum Gasteiger partial charge on any atom is -0.778 e. The highest BCUT2D eigenvalue weighted by atomic mass is 31.2. The van der Waals surface area contributed by atoms with E-state index in [-0.39, 0.29) is 0 Å². The minimum atomic E-state index is -4.61. The molecule has 2 unspecified atom stereocenters. The molecule has 0 heterocycles. The van der Waals surface area contributed by atoms with Gasteiger partial charge in [-0.15, -0.1) is 0 Å². The van der Waals surface area contributed by atoms with E-state index in [1.165, 1.54) is 6.92 Å². The molecule has 1 fully saturated rings. The van der Waals surface area contributed by atoms with Crippen LogP contribution >= 0.6 is 7.60 Å². The lowest BCUT2D eigenvalue weighted by Gasteiger charge is -2.35. The van der Waals surface area contributed by atoms with E-state index >= 15 is 0 Å². The van der Waals surface area contributed by atoms with E-state index in [2.05, 4.69) is 4.52 Å². The van der Waals surface area contributed by atoms with Crippen molar-refractivity contribution >= 4 is 7.60 Å². The summed E-state index contributed by atoms with van der Waals surface area (Å²) < 4.78 is 53.9. The van der Waals surface area contributed by atoms with Crippen LogP contribution in [0, 0.1) is 5.92 Å². The normalized spacial score (nSPS) is 24.3. The third kappa shape index (κ3) is 4.60. The maximum Gasteiger partial charge on any atom is 0.415 e. The molecule has 2 atom stereocenters. The third-order valence-corrected chi connectivity index (χ3v) is 4.38. The SMILES string of the molecule is CCP(=O)([O-])OC(C1CCCCC1)C(F)(F)F. The molecule has 0 spiro atoms. The molecule has 3 nitrogen and oxygen atoms in total. The molecule has 0 aromatic rings. The van der Waals surface area contributed by atoms with Gasteiger partial charge in [-0.25, -0.2) is 0 Å². The van der Waals surface area contributed by atoms with Gasteiger partial charge in [0.05, 0.1) is 0 Å². The molecule has 17 heavy (non-hydrogen) atoms. The lowest BCUT2D eigenvalue weighted by molar-refractivity contribution is -0.249. The first-order valence-electron chi connectivity index (χ1n) is 5.81. The number of rotatable bonds is 4. The smallest absolute Gasteiger partial charge is 0.415 e. The summed E-state index contributed by atoms with van der Waals surface area (Å²) in [5.74, 6) is -0.724. The van der Waals surface area contributed by atoms with Crippen molar-refractivity contribution in [3.63, 3.8) is 0 Å². The zero-order valence-corrected chi connectivity index (χ0v) is 10.6. The van der Waals surface area contributed by atoms with Crippen molar-refractivity contribution in [2.45, 2.75) is 51.3 Å². The molecule has 0 aliphatic heterocycles. The van der Waals surface area contributed by atoms with Crippen LogP contribution in [-0.4, -0.2) is 18.4 Å². The molecule has 0 bridgehead atoms. The van der Waals surface area contributed by atoms with E-state index < -0.39 is 32.0 Å². The van der Waals surface area contributed by atoms with Crippen molar-refractivity contribution in [1.82, 2.24) is 0 Å². The Morgan fingerprint density at radius 3 is 2.29 bits per heavy atom. The molecule has 102 valence electrons. The first-order valence-corrected chi connectivity index (χ1v) is 7.54. The Morgan fingerprint density at radius 2 is 1.88 bits per heavy atom. The van der Waals surface area contributed by atoms with E-state index in [9.17, 15) is 22.6 Å². The van der Waals surface area contributed by atoms with Crippen LogP contribution in [0.1, 0.15) is 39.0 Å². The van der Waals surface area contributed by atoms with Gasteiger partial charge in [0.1, 0.15) is 7.60 Å². The highest BCUT2D eigenvalue weighted by molar-refractivity contribution is 7.51. The van der Waals surface area contributed by atoms with Gasteiger partial charge in [-0.1, -0.05) is 26.2 Å². The average Bonchev–Trinajstić information content (AvgIpc) is 2.26. The Hall–Kier alpha value is -0.0600. The number of hydrogen-bond acceptors (Lipinski definition) is 3. The van der Waals surface area contributed by atoms with Crippen LogP contribution in [0.2, 0.25) is 0 Å². The quantitative estimate of drug-likeness (QED) is 0.739. The van der Waals surface area contributed by atoms with Crippen molar-refractivity contribution < 1.29 is 27.2 Å². The zero-order chi connectivity index (χ0) is 13.1. The summed E-state index contributed by atoms with van der Waals surface area (Å²) in [6.07, 6.45) is -4.10. The van der Waals surface area contributed by atoms with Crippen LogP contribution in [0.5, 0.6) is 0 Å². The Balaban J connectivity index is 2.77. The van der Waals surface area contributed by atoms with E-state index in [1.54, 1.807) is 0 Å². The van der Waals surface area contributed by atoms with Crippen LogP contribution in [0.25, 0.3) is 0 Å². The molecular weight excluding hydrogens is 256 g/mol. The second kappa shape index (κ2) is 5.72. The van der Waals surface area contributed by atoms with Gasteiger partial charge in [-0.3, -0.25) is 0 Å². The molecule has 0 aromatic heterocycles. The summed E-state index contributed by atoms with van der Waals surface area (Å²) in [6, 6.07) is 0. The summed E-state index contributed by atoms with van der Waals surface area (Å²) in [6.45, 7) is 1.28.